The van der Waals surface area contributed by atoms with Gasteiger partial charge in [-0.2, -0.15) is 0 Å². The molecule has 4 rings (SSSR count). The first kappa shape index (κ1) is 24.0. The lowest BCUT2D eigenvalue weighted by molar-refractivity contribution is -0.132. The van der Waals surface area contributed by atoms with Crippen LogP contribution in [0, 0.1) is 6.92 Å². The van der Waals surface area contributed by atoms with Gasteiger partial charge in [-0.1, -0.05) is 49.1 Å². The quantitative estimate of drug-likeness (QED) is 0.416. The molecule has 7 nitrogen and oxygen atoms in total. The highest BCUT2D eigenvalue weighted by Crippen LogP contribution is 2.38. The Morgan fingerprint density at radius 3 is 2.47 bits per heavy atom. The molecule has 2 aliphatic rings. The van der Waals surface area contributed by atoms with E-state index in [1.165, 1.54) is 23.6 Å². The van der Waals surface area contributed by atoms with Gasteiger partial charge in [0.05, 0.1) is 11.6 Å². The number of nitrogens with one attached hydrogen (secondary N) is 1. The van der Waals surface area contributed by atoms with Crippen molar-refractivity contribution in [2.75, 3.05) is 7.11 Å². The maximum absolute atomic E-state index is 13.1. The zero-order valence-corrected chi connectivity index (χ0v) is 20.8. The zero-order chi connectivity index (χ0) is 24.2. The first-order valence-corrected chi connectivity index (χ1v) is 12.1. The molecule has 2 aromatic rings. The van der Waals surface area contributed by atoms with Gasteiger partial charge < -0.3 is 9.47 Å². The van der Waals surface area contributed by atoms with Crippen LogP contribution in [-0.4, -0.2) is 35.9 Å². The minimum atomic E-state index is -0.697. The van der Waals surface area contributed by atoms with Crippen molar-refractivity contribution < 1.29 is 23.9 Å². The molecule has 2 aromatic carbocycles. The number of carbonyl (C=O) groups is 3. The average molecular weight is 527 g/mol. The Hall–Kier alpha value is -3.13. The Balaban J connectivity index is 1.59. The number of benzene rings is 2. The second kappa shape index (κ2) is 10.4. The molecule has 0 radical (unpaired) electrons. The number of halogens is 1. The number of methoxy groups -OCH3 is 1. The third kappa shape index (κ3) is 5.17. The molecule has 8 heteroatoms. The fourth-order valence-electron chi connectivity index (χ4n) is 4.31. The maximum Gasteiger partial charge on any atom is 0.331 e. The predicted octanol–water partition coefficient (Wildman–Crippen LogP) is 5.14. The molecular weight excluding hydrogens is 500 g/mol. The van der Waals surface area contributed by atoms with Gasteiger partial charge in [0.2, 0.25) is 0 Å². The van der Waals surface area contributed by atoms with E-state index in [1.807, 2.05) is 31.2 Å². The van der Waals surface area contributed by atoms with E-state index in [0.29, 0.717) is 28.1 Å². The molecule has 178 valence electrons. The van der Waals surface area contributed by atoms with Gasteiger partial charge in [0.1, 0.15) is 12.2 Å². The number of carbonyl (C=O) groups excluding carboxylic acids is 3. The molecule has 1 heterocycles. The normalized spacial score (nSPS) is 18.3. The van der Waals surface area contributed by atoms with Crippen LogP contribution in [0.4, 0.5) is 4.79 Å². The number of imide groups is 2. The Bertz CT molecular complexity index is 1140. The van der Waals surface area contributed by atoms with Crippen LogP contribution in [0.1, 0.15) is 48.8 Å². The first-order valence-electron chi connectivity index (χ1n) is 11.3. The molecule has 0 spiro atoms. The highest BCUT2D eigenvalue weighted by molar-refractivity contribution is 9.10. The van der Waals surface area contributed by atoms with Gasteiger partial charge in [-0.3, -0.25) is 19.8 Å². The second-order valence-corrected chi connectivity index (χ2v) is 9.45. The van der Waals surface area contributed by atoms with E-state index in [0.717, 1.165) is 37.7 Å². The van der Waals surface area contributed by atoms with Gasteiger partial charge in [0.25, 0.3) is 11.8 Å². The molecule has 1 aliphatic carbocycles. The van der Waals surface area contributed by atoms with Crippen LogP contribution in [-0.2, 0) is 16.2 Å². The molecule has 0 bridgehead atoms. The molecule has 2 fully saturated rings. The van der Waals surface area contributed by atoms with Gasteiger partial charge in [-0.15, -0.1) is 0 Å². The highest BCUT2D eigenvalue weighted by atomic mass is 79.9. The van der Waals surface area contributed by atoms with E-state index >= 15 is 0 Å². The van der Waals surface area contributed by atoms with Crippen molar-refractivity contribution >= 4 is 39.9 Å². The number of nitrogens with zero attached hydrogens (tertiary/aromatic N) is 1. The van der Waals surface area contributed by atoms with Crippen LogP contribution in [0.15, 0.2) is 46.4 Å². The van der Waals surface area contributed by atoms with E-state index in [2.05, 4.69) is 21.2 Å². The Morgan fingerprint density at radius 2 is 1.79 bits per heavy atom. The van der Waals surface area contributed by atoms with Crippen molar-refractivity contribution in [1.82, 2.24) is 10.2 Å². The van der Waals surface area contributed by atoms with Crippen LogP contribution in [0.3, 0.4) is 0 Å². The third-order valence-electron chi connectivity index (χ3n) is 6.14. The van der Waals surface area contributed by atoms with Crippen molar-refractivity contribution in [3.8, 4) is 11.5 Å². The van der Waals surface area contributed by atoms with Crippen molar-refractivity contribution in [3.05, 3.63) is 63.1 Å². The molecule has 0 aromatic heterocycles. The van der Waals surface area contributed by atoms with Crippen molar-refractivity contribution in [3.63, 3.8) is 0 Å². The van der Waals surface area contributed by atoms with E-state index in [-0.39, 0.29) is 11.6 Å². The summed E-state index contributed by atoms with van der Waals surface area (Å²) in [7, 11) is 1.53. The van der Waals surface area contributed by atoms with Crippen LogP contribution >= 0.6 is 15.9 Å². The maximum atomic E-state index is 13.1. The lowest BCUT2D eigenvalue weighted by Crippen LogP contribution is -2.58. The molecule has 0 atom stereocenters. The van der Waals surface area contributed by atoms with E-state index in [9.17, 15) is 14.4 Å². The zero-order valence-electron chi connectivity index (χ0n) is 19.2. The van der Waals surface area contributed by atoms with Crippen LogP contribution in [0.2, 0.25) is 0 Å². The number of barbiturate groups is 1. The molecular formula is C26H27BrN2O5. The molecule has 4 amide bonds. The lowest BCUT2D eigenvalue weighted by Gasteiger charge is -2.35. The topological polar surface area (TPSA) is 84.9 Å². The van der Waals surface area contributed by atoms with Gasteiger partial charge in [-0.25, -0.2) is 4.79 Å². The molecule has 1 N–H and O–H groups in total. The molecule has 0 unspecified atom stereocenters. The van der Waals surface area contributed by atoms with Crippen LogP contribution in [0.25, 0.3) is 6.08 Å². The Kier molecular flexibility index (Phi) is 7.36. The number of ether oxygens (including phenoxy) is 2. The summed E-state index contributed by atoms with van der Waals surface area (Å²) in [5.74, 6) is -0.284. The first-order chi connectivity index (χ1) is 16.4. The van der Waals surface area contributed by atoms with Crippen LogP contribution < -0.4 is 14.8 Å². The summed E-state index contributed by atoms with van der Waals surface area (Å²) in [6.07, 6.45) is 6.01. The number of amides is 4. The summed E-state index contributed by atoms with van der Waals surface area (Å²) in [5.41, 5.74) is 2.68. The smallest absolute Gasteiger partial charge is 0.331 e. The summed E-state index contributed by atoms with van der Waals surface area (Å²) in [5, 5.41) is 2.32. The van der Waals surface area contributed by atoms with E-state index in [1.54, 1.807) is 12.1 Å². The number of urea groups is 1. The number of aryl methyl sites for hydroxylation is 1. The molecule has 1 saturated carbocycles. The molecule has 1 saturated heterocycles. The third-order valence-corrected chi connectivity index (χ3v) is 6.73. The monoisotopic (exact) mass is 526 g/mol. The Morgan fingerprint density at radius 1 is 1.09 bits per heavy atom. The number of rotatable bonds is 6. The van der Waals surface area contributed by atoms with Crippen molar-refractivity contribution in [2.45, 2.75) is 51.7 Å². The fraction of sp³-hybridized carbons (Fsp3) is 0.346. The second-order valence-electron chi connectivity index (χ2n) is 8.59. The van der Waals surface area contributed by atoms with Gasteiger partial charge in [0, 0.05) is 6.04 Å². The predicted molar refractivity (Wildman–Crippen MR) is 131 cm³/mol. The number of hydrogen-bond donors (Lipinski definition) is 1. The largest absolute Gasteiger partial charge is 0.493 e. The minimum absolute atomic E-state index is 0.0764. The van der Waals surface area contributed by atoms with E-state index in [4.69, 9.17) is 9.47 Å². The van der Waals surface area contributed by atoms with E-state index < -0.39 is 17.8 Å². The standard InChI is InChI=1S/C26H27BrN2O5/c1-16-8-10-17(11-9-16)15-34-23-21(27)13-18(14-22(23)33-2)12-20-24(30)28-26(32)29(25(20)31)19-6-4-3-5-7-19/h8-14,19H,3-7,15H2,1-2H3,(H,28,30,32)/b20-12+. The van der Waals surface area contributed by atoms with Gasteiger partial charge in [0.15, 0.2) is 11.5 Å². The summed E-state index contributed by atoms with van der Waals surface area (Å²) in [6.45, 7) is 2.38. The van der Waals surface area contributed by atoms with Crippen LogP contribution in [0.5, 0.6) is 11.5 Å². The Labute approximate surface area is 207 Å². The fourth-order valence-corrected chi connectivity index (χ4v) is 4.89. The summed E-state index contributed by atoms with van der Waals surface area (Å²) in [4.78, 5) is 39.3. The number of hydrogen-bond acceptors (Lipinski definition) is 5. The van der Waals surface area contributed by atoms with Crippen molar-refractivity contribution in [1.29, 1.82) is 0 Å². The highest BCUT2D eigenvalue weighted by Gasteiger charge is 2.40. The summed E-state index contributed by atoms with van der Waals surface area (Å²) >= 11 is 3.52. The summed E-state index contributed by atoms with van der Waals surface area (Å²) in [6, 6.07) is 10.7. The average Bonchev–Trinajstić information content (AvgIpc) is 2.82. The molecule has 34 heavy (non-hydrogen) atoms. The summed E-state index contributed by atoms with van der Waals surface area (Å²) < 4.78 is 12.1. The van der Waals surface area contributed by atoms with Crippen molar-refractivity contribution in [2.24, 2.45) is 0 Å². The van der Waals surface area contributed by atoms with Gasteiger partial charge in [-0.05, 0) is 65.0 Å². The SMILES string of the molecule is COc1cc(/C=C2\C(=O)NC(=O)N(C3CCCCC3)C2=O)cc(Br)c1OCc1ccc(C)cc1. The minimum Gasteiger partial charge on any atom is -0.493 e. The molecule has 1 aliphatic heterocycles. The van der Waals surface area contributed by atoms with Gasteiger partial charge >= 0.3 is 6.03 Å². The lowest BCUT2D eigenvalue weighted by atomic mass is 9.93.